The molecule has 3 N–H and O–H groups in total. The van der Waals surface area contributed by atoms with Gasteiger partial charge in [-0.1, -0.05) is 12.1 Å². The molecule has 0 saturated carbocycles. The van der Waals surface area contributed by atoms with E-state index in [2.05, 4.69) is 20.2 Å². The monoisotopic (exact) mass is 399 g/mol. The van der Waals surface area contributed by atoms with Crippen molar-refractivity contribution in [1.29, 1.82) is 0 Å². The number of nitrogens with zero attached hydrogens (tertiary/aromatic N) is 3. The van der Waals surface area contributed by atoms with Crippen molar-refractivity contribution in [2.24, 2.45) is 5.73 Å². The largest absolute Gasteiger partial charge is 0.410 e. The zero-order chi connectivity index (χ0) is 20.4. The second-order valence-electron chi connectivity index (χ2n) is 6.78. The summed E-state index contributed by atoms with van der Waals surface area (Å²) in [5, 5.41) is 3.69. The van der Waals surface area contributed by atoms with E-state index in [-0.39, 0.29) is 11.3 Å². The molecule has 0 bridgehead atoms. The van der Waals surface area contributed by atoms with E-state index < -0.39 is 23.8 Å². The zero-order valence-corrected chi connectivity index (χ0v) is 15.4. The van der Waals surface area contributed by atoms with Crippen LogP contribution in [0.25, 0.3) is 10.9 Å². The predicted molar refractivity (Wildman–Crippen MR) is 104 cm³/mol. The number of fused-ring (bicyclic) bond motifs is 1. The molecule has 0 radical (unpaired) electrons. The van der Waals surface area contributed by atoms with E-state index in [1.165, 1.54) is 24.5 Å². The molecular weight excluding hydrogens is 380 g/mol. The van der Waals surface area contributed by atoms with Crippen LogP contribution in [0.4, 0.5) is 19.4 Å². The Labute approximate surface area is 165 Å². The van der Waals surface area contributed by atoms with Gasteiger partial charge in [0.05, 0.1) is 6.04 Å². The number of ether oxygens (including phenoxy) is 1. The topological polar surface area (TPSA) is 93.4 Å². The molecule has 1 aromatic heterocycles. The fraction of sp³-hybridized carbons (Fsp3) is 0.250. The third-order valence-electron chi connectivity index (χ3n) is 4.89. The van der Waals surface area contributed by atoms with Crippen LogP contribution >= 0.6 is 0 Å². The second-order valence-corrected chi connectivity index (χ2v) is 6.78. The summed E-state index contributed by atoms with van der Waals surface area (Å²) in [5.74, 6) is -0.701. The van der Waals surface area contributed by atoms with Crippen LogP contribution in [0.3, 0.4) is 0 Å². The zero-order valence-electron chi connectivity index (χ0n) is 15.4. The lowest BCUT2D eigenvalue weighted by molar-refractivity contribution is 0.172. The Hall–Kier alpha value is -3.33. The molecule has 3 aromatic rings. The number of likely N-dealkylation sites (tertiary alicyclic amines) is 1. The van der Waals surface area contributed by atoms with Gasteiger partial charge >= 0.3 is 6.09 Å². The number of halogens is 2. The average molecular weight is 399 g/mol. The molecule has 29 heavy (non-hydrogen) atoms. The van der Waals surface area contributed by atoms with E-state index in [9.17, 15) is 13.6 Å². The minimum Gasteiger partial charge on any atom is -0.408 e. The van der Waals surface area contributed by atoms with Crippen LogP contribution in [0.1, 0.15) is 18.0 Å². The number of rotatable bonds is 6. The van der Waals surface area contributed by atoms with Crippen molar-refractivity contribution in [3.05, 3.63) is 59.9 Å². The highest BCUT2D eigenvalue weighted by atomic mass is 19.1. The third kappa shape index (κ3) is 3.95. The molecule has 0 unspecified atom stereocenters. The number of aromatic nitrogens is 2. The number of nitrogens with two attached hydrogens (primary N) is 1. The Morgan fingerprint density at radius 1 is 1.17 bits per heavy atom. The van der Waals surface area contributed by atoms with Gasteiger partial charge in [0, 0.05) is 17.5 Å². The lowest BCUT2D eigenvalue weighted by Gasteiger charge is -2.35. The van der Waals surface area contributed by atoms with Crippen molar-refractivity contribution in [3.63, 3.8) is 0 Å². The number of benzene rings is 2. The summed E-state index contributed by atoms with van der Waals surface area (Å²) in [7, 11) is 0. The van der Waals surface area contributed by atoms with E-state index in [1.807, 2.05) is 0 Å². The van der Waals surface area contributed by atoms with Gasteiger partial charge in [0.15, 0.2) is 5.75 Å². The number of hydrogen-bond acceptors (Lipinski definition) is 6. The maximum atomic E-state index is 14.5. The van der Waals surface area contributed by atoms with Gasteiger partial charge in [-0.05, 0) is 43.8 Å². The molecule has 0 spiro atoms. The van der Waals surface area contributed by atoms with Crippen LogP contribution in [0.15, 0.2) is 42.7 Å². The lowest BCUT2D eigenvalue weighted by Crippen LogP contribution is -2.41. The van der Waals surface area contributed by atoms with Gasteiger partial charge in [-0.2, -0.15) is 0 Å². The highest BCUT2D eigenvalue weighted by Crippen LogP contribution is 2.31. The number of primary amides is 1. The van der Waals surface area contributed by atoms with Crippen molar-refractivity contribution in [3.8, 4) is 5.75 Å². The molecule has 1 aliphatic rings. The van der Waals surface area contributed by atoms with Crippen molar-refractivity contribution >= 4 is 22.8 Å². The average Bonchev–Trinajstić information content (AvgIpc) is 2.64. The van der Waals surface area contributed by atoms with Crippen molar-refractivity contribution in [2.75, 3.05) is 25.0 Å². The molecule has 1 amide bonds. The molecule has 7 nitrogen and oxygen atoms in total. The maximum Gasteiger partial charge on any atom is 0.410 e. The minimum atomic E-state index is -0.963. The fourth-order valence-corrected chi connectivity index (χ4v) is 3.41. The molecule has 0 aliphatic carbocycles. The second kappa shape index (κ2) is 7.96. The summed E-state index contributed by atoms with van der Waals surface area (Å²) >= 11 is 0. The normalized spacial score (nSPS) is 15.0. The van der Waals surface area contributed by atoms with Crippen LogP contribution in [0.2, 0.25) is 0 Å². The number of carbonyl (C=O) groups excluding carboxylic acids is 1. The Morgan fingerprint density at radius 2 is 1.90 bits per heavy atom. The van der Waals surface area contributed by atoms with Gasteiger partial charge in [0.2, 0.25) is 0 Å². The number of carbonyl (C=O) groups is 1. The van der Waals surface area contributed by atoms with Crippen LogP contribution in [-0.2, 0) is 0 Å². The standard InChI is InChI=1S/C20H19F2N5O2/c21-13-5-2-6-14(22)17(13)15(10-27-8-3-9-27)26-19-12-4-1-7-16(29-20(23)28)18(12)24-11-25-19/h1-2,4-7,11,15H,3,8-10H2,(H2,23,28)(H,24,25,26)/t15-/m1/s1. The lowest BCUT2D eigenvalue weighted by atomic mass is 10.0. The first-order valence-corrected chi connectivity index (χ1v) is 9.16. The molecule has 2 heterocycles. The Kier molecular flexibility index (Phi) is 5.22. The minimum absolute atomic E-state index is 0.0456. The van der Waals surface area contributed by atoms with Gasteiger partial charge in [-0.3, -0.25) is 0 Å². The predicted octanol–water partition coefficient (Wildman–Crippen LogP) is 3.22. The van der Waals surface area contributed by atoms with Crippen LogP contribution in [-0.4, -0.2) is 40.6 Å². The number of amides is 1. The van der Waals surface area contributed by atoms with Gasteiger partial charge < -0.3 is 20.7 Å². The van der Waals surface area contributed by atoms with Gasteiger partial charge in [-0.25, -0.2) is 23.5 Å². The molecule has 1 saturated heterocycles. The van der Waals surface area contributed by atoms with Crippen LogP contribution < -0.4 is 15.8 Å². The molecule has 1 atom stereocenters. The molecule has 1 aliphatic heterocycles. The van der Waals surface area contributed by atoms with E-state index >= 15 is 0 Å². The summed E-state index contributed by atoms with van der Waals surface area (Å²) in [5.41, 5.74) is 5.43. The third-order valence-corrected chi connectivity index (χ3v) is 4.89. The number of nitrogens with one attached hydrogen (secondary N) is 1. The number of para-hydroxylation sites is 1. The Bertz CT molecular complexity index is 1040. The molecule has 150 valence electrons. The first kappa shape index (κ1) is 19.0. The first-order valence-electron chi connectivity index (χ1n) is 9.16. The molecule has 1 fully saturated rings. The van der Waals surface area contributed by atoms with E-state index in [0.717, 1.165) is 19.5 Å². The summed E-state index contributed by atoms with van der Waals surface area (Å²) < 4.78 is 34.0. The summed E-state index contributed by atoms with van der Waals surface area (Å²) in [6.07, 6.45) is 1.38. The fourth-order valence-electron chi connectivity index (χ4n) is 3.41. The maximum absolute atomic E-state index is 14.5. The summed E-state index contributed by atoms with van der Waals surface area (Å²) in [6, 6.07) is 8.07. The van der Waals surface area contributed by atoms with Crippen molar-refractivity contribution < 1.29 is 18.3 Å². The molecular formula is C20H19F2N5O2. The van der Waals surface area contributed by atoms with E-state index in [4.69, 9.17) is 10.5 Å². The summed E-state index contributed by atoms with van der Waals surface area (Å²) in [6.45, 7) is 2.16. The van der Waals surface area contributed by atoms with Gasteiger partial charge in [0.1, 0.15) is 29.3 Å². The van der Waals surface area contributed by atoms with Gasteiger partial charge in [-0.15, -0.1) is 0 Å². The smallest absolute Gasteiger partial charge is 0.408 e. The van der Waals surface area contributed by atoms with Crippen molar-refractivity contribution in [1.82, 2.24) is 14.9 Å². The highest BCUT2D eigenvalue weighted by molar-refractivity contribution is 5.94. The van der Waals surface area contributed by atoms with Crippen molar-refractivity contribution in [2.45, 2.75) is 12.5 Å². The van der Waals surface area contributed by atoms with E-state index in [1.54, 1.807) is 18.2 Å². The highest BCUT2D eigenvalue weighted by Gasteiger charge is 2.26. The Morgan fingerprint density at radius 3 is 2.55 bits per heavy atom. The van der Waals surface area contributed by atoms with Gasteiger partial charge in [0.25, 0.3) is 0 Å². The number of anilines is 1. The molecule has 4 rings (SSSR count). The number of hydrogen-bond donors (Lipinski definition) is 2. The molecule has 2 aromatic carbocycles. The van der Waals surface area contributed by atoms with E-state index in [0.29, 0.717) is 23.3 Å². The summed E-state index contributed by atoms with van der Waals surface area (Å²) in [4.78, 5) is 21.7. The van der Waals surface area contributed by atoms with Crippen LogP contribution in [0, 0.1) is 11.6 Å². The first-order chi connectivity index (χ1) is 14.0. The Balaban J connectivity index is 1.74. The SMILES string of the molecule is NC(=O)Oc1cccc2c(N[C@H](CN3CCC3)c3c(F)cccc3F)ncnc12. The molecule has 9 heteroatoms. The quantitative estimate of drug-likeness (QED) is 0.661. The van der Waals surface area contributed by atoms with Crippen LogP contribution in [0.5, 0.6) is 5.75 Å².